The first-order chi connectivity index (χ1) is 7.93. The van der Waals surface area contributed by atoms with Crippen molar-refractivity contribution in [1.29, 1.82) is 0 Å². The zero-order valence-electron chi connectivity index (χ0n) is 9.06. The molecule has 0 aliphatic heterocycles. The molecule has 0 atom stereocenters. The molecule has 0 fully saturated rings. The number of hydrogen-bond donors (Lipinski definition) is 1. The molecule has 0 aromatic carbocycles. The third-order valence-corrected chi connectivity index (χ3v) is 3.00. The average molecular weight is 266 g/mol. The number of nitrogens with one attached hydrogen (secondary N) is 1. The molecule has 1 N–H and O–H groups in total. The summed E-state index contributed by atoms with van der Waals surface area (Å²) in [5.41, 5.74) is 0. The summed E-state index contributed by atoms with van der Waals surface area (Å²) in [6.07, 6.45) is -2.60. The molecule has 0 amide bonds. The van der Waals surface area contributed by atoms with Crippen LogP contribution in [0.1, 0.15) is 6.92 Å². The molecule has 0 saturated carbocycles. The zero-order valence-corrected chi connectivity index (χ0v) is 9.88. The number of rotatable bonds is 6. The summed E-state index contributed by atoms with van der Waals surface area (Å²) in [7, 11) is -3.44. The molecule has 1 aromatic heterocycles. The van der Waals surface area contributed by atoms with Crippen LogP contribution in [0.3, 0.4) is 0 Å². The van der Waals surface area contributed by atoms with Crippen molar-refractivity contribution in [3.8, 4) is 5.88 Å². The van der Waals surface area contributed by atoms with Gasteiger partial charge < -0.3 is 4.74 Å². The highest BCUT2D eigenvalue weighted by Crippen LogP contribution is 2.13. The second-order valence-corrected chi connectivity index (χ2v) is 5.08. The smallest absolute Gasteiger partial charge is 0.272 e. The molecular weight excluding hydrogens is 254 g/mol. The van der Waals surface area contributed by atoms with E-state index in [9.17, 15) is 17.2 Å². The third-order valence-electron chi connectivity index (χ3n) is 1.72. The normalized spacial score (nSPS) is 11.5. The maximum absolute atomic E-state index is 11.9. The van der Waals surface area contributed by atoms with Gasteiger partial charge in [-0.2, -0.15) is 4.98 Å². The Morgan fingerprint density at radius 1 is 1.47 bits per heavy atom. The van der Waals surface area contributed by atoms with Gasteiger partial charge in [-0.1, -0.05) is 6.07 Å². The molecular formula is C9H12F2N2O3S. The van der Waals surface area contributed by atoms with Crippen LogP contribution in [-0.2, 0) is 10.0 Å². The van der Waals surface area contributed by atoms with Gasteiger partial charge in [-0.25, -0.2) is 17.2 Å². The molecule has 0 bridgehead atoms. The standard InChI is InChI=1S/C9H12F2N2O3S/c1-2-17(14,15)13-8-4-3-5-9(12-8)16-6-7(10)11/h3-5,7H,2,6H2,1H3,(H,12,13). The van der Waals surface area contributed by atoms with Gasteiger partial charge in [-0.3, -0.25) is 4.72 Å². The van der Waals surface area contributed by atoms with Gasteiger partial charge in [-0.15, -0.1) is 0 Å². The summed E-state index contributed by atoms with van der Waals surface area (Å²) in [6.45, 7) is 0.691. The first-order valence-electron chi connectivity index (χ1n) is 4.81. The number of sulfonamides is 1. The van der Waals surface area contributed by atoms with Gasteiger partial charge in [0.2, 0.25) is 15.9 Å². The largest absolute Gasteiger partial charge is 0.472 e. The summed E-state index contributed by atoms with van der Waals surface area (Å²) in [5, 5.41) is 0. The van der Waals surface area contributed by atoms with Gasteiger partial charge >= 0.3 is 0 Å². The number of aromatic nitrogens is 1. The highest BCUT2D eigenvalue weighted by molar-refractivity contribution is 7.92. The lowest BCUT2D eigenvalue weighted by Gasteiger charge is -2.07. The van der Waals surface area contributed by atoms with E-state index in [2.05, 4.69) is 14.4 Å². The average Bonchev–Trinajstić information content (AvgIpc) is 2.26. The predicted molar refractivity (Wildman–Crippen MR) is 58.8 cm³/mol. The molecule has 8 heteroatoms. The van der Waals surface area contributed by atoms with Crippen molar-refractivity contribution in [3.63, 3.8) is 0 Å². The molecule has 0 saturated heterocycles. The Morgan fingerprint density at radius 2 is 2.18 bits per heavy atom. The SMILES string of the molecule is CCS(=O)(=O)Nc1cccc(OCC(F)F)n1. The topological polar surface area (TPSA) is 68.3 Å². The van der Waals surface area contributed by atoms with Crippen LogP contribution in [0.15, 0.2) is 18.2 Å². The van der Waals surface area contributed by atoms with E-state index in [1.807, 2.05) is 0 Å². The number of ether oxygens (including phenoxy) is 1. The first-order valence-corrected chi connectivity index (χ1v) is 6.46. The Morgan fingerprint density at radius 3 is 2.76 bits per heavy atom. The van der Waals surface area contributed by atoms with Gasteiger partial charge in [0, 0.05) is 6.07 Å². The van der Waals surface area contributed by atoms with Gasteiger partial charge in [0.25, 0.3) is 6.43 Å². The zero-order chi connectivity index (χ0) is 12.9. The summed E-state index contributed by atoms with van der Waals surface area (Å²) in [5.74, 6) is -0.114. The minimum absolute atomic E-state index is 0.0404. The molecule has 0 unspecified atom stereocenters. The van der Waals surface area contributed by atoms with E-state index in [4.69, 9.17) is 0 Å². The third kappa shape index (κ3) is 4.94. The minimum Gasteiger partial charge on any atom is -0.472 e. The molecule has 96 valence electrons. The Hall–Kier alpha value is -1.44. The molecule has 0 aliphatic carbocycles. The highest BCUT2D eigenvalue weighted by Gasteiger charge is 2.09. The lowest BCUT2D eigenvalue weighted by atomic mass is 10.4. The highest BCUT2D eigenvalue weighted by atomic mass is 32.2. The maximum Gasteiger partial charge on any atom is 0.272 e. The summed E-state index contributed by atoms with van der Waals surface area (Å²) in [6, 6.07) is 4.23. The number of anilines is 1. The van der Waals surface area contributed by atoms with Crippen LogP contribution >= 0.6 is 0 Å². The second kappa shape index (κ2) is 5.76. The van der Waals surface area contributed by atoms with Gasteiger partial charge in [-0.05, 0) is 13.0 Å². The van der Waals surface area contributed by atoms with Crippen molar-refractivity contribution < 1.29 is 21.9 Å². The van der Waals surface area contributed by atoms with Gasteiger partial charge in [0.05, 0.1) is 5.75 Å². The predicted octanol–water partition coefficient (Wildman–Crippen LogP) is 1.49. The first kappa shape index (κ1) is 13.6. The van der Waals surface area contributed by atoms with Crippen LogP contribution in [-0.4, -0.2) is 32.2 Å². The quantitative estimate of drug-likeness (QED) is 0.847. The van der Waals surface area contributed by atoms with Crippen molar-refractivity contribution in [2.75, 3.05) is 17.1 Å². The van der Waals surface area contributed by atoms with E-state index >= 15 is 0 Å². The van der Waals surface area contributed by atoms with Crippen LogP contribution < -0.4 is 9.46 Å². The Kier molecular flexibility index (Phi) is 4.62. The number of hydrogen-bond acceptors (Lipinski definition) is 4. The second-order valence-electron chi connectivity index (χ2n) is 3.07. The van der Waals surface area contributed by atoms with Gasteiger partial charge in [0.15, 0.2) is 6.61 Å². The van der Waals surface area contributed by atoms with Gasteiger partial charge in [0.1, 0.15) is 5.82 Å². The lowest BCUT2D eigenvalue weighted by molar-refractivity contribution is 0.0797. The van der Waals surface area contributed by atoms with Crippen molar-refractivity contribution in [1.82, 2.24) is 4.98 Å². The fourth-order valence-electron chi connectivity index (χ4n) is 0.932. The van der Waals surface area contributed by atoms with Crippen LogP contribution in [0.5, 0.6) is 5.88 Å². The van der Waals surface area contributed by atoms with Crippen molar-refractivity contribution >= 4 is 15.8 Å². The van der Waals surface area contributed by atoms with E-state index in [1.165, 1.54) is 25.1 Å². The Labute approximate surface area is 97.9 Å². The molecule has 17 heavy (non-hydrogen) atoms. The Bertz CT molecular complexity index is 465. The number of pyridine rings is 1. The summed E-state index contributed by atoms with van der Waals surface area (Å²) < 4.78 is 53.1. The van der Waals surface area contributed by atoms with Crippen molar-refractivity contribution in [3.05, 3.63) is 18.2 Å². The lowest BCUT2D eigenvalue weighted by Crippen LogP contribution is -2.16. The number of halogens is 2. The molecule has 1 rings (SSSR count). The maximum atomic E-state index is 11.9. The fraction of sp³-hybridized carbons (Fsp3) is 0.444. The van der Waals surface area contributed by atoms with Crippen molar-refractivity contribution in [2.24, 2.45) is 0 Å². The molecule has 0 spiro atoms. The number of alkyl halides is 2. The van der Waals surface area contributed by atoms with E-state index in [0.29, 0.717) is 0 Å². The minimum atomic E-state index is -3.44. The molecule has 1 aromatic rings. The van der Waals surface area contributed by atoms with Crippen LogP contribution in [0.2, 0.25) is 0 Å². The van der Waals surface area contributed by atoms with E-state index in [1.54, 1.807) is 0 Å². The fourth-order valence-corrected chi connectivity index (χ4v) is 1.51. The van der Waals surface area contributed by atoms with Crippen LogP contribution in [0.25, 0.3) is 0 Å². The monoisotopic (exact) mass is 266 g/mol. The molecule has 0 radical (unpaired) electrons. The molecule has 5 nitrogen and oxygen atoms in total. The van der Waals surface area contributed by atoms with Crippen molar-refractivity contribution in [2.45, 2.75) is 13.3 Å². The van der Waals surface area contributed by atoms with E-state index in [-0.39, 0.29) is 17.5 Å². The summed E-state index contributed by atoms with van der Waals surface area (Å²) >= 11 is 0. The molecule has 1 heterocycles. The van der Waals surface area contributed by atoms with E-state index < -0.39 is 23.1 Å². The summed E-state index contributed by atoms with van der Waals surface area (Å²) in [4.78, 5) is 3.73. The van der Waals surface area contributed by atoms with Crippen LogP contribution in [0.4, 0.5) is 14.6 Å². The Balaban J connectivity index is 2.72. The number of nitrogens with zero attached hydrogens (tertiary/aromatic N) is 1. The van der Waals surface area contributed by atoms with E-state index in [0.717, 1.165) is 0 Å². The molecule has 0 aliphatic rings. The van der Waals surface area contributed by atoms with Crippen LogP contribution in [0, 0.1) is 0 Å².